The number of carbonyl (C=O) groups is 2. The standard InChI is InChI=1S/C19H27N3O2/c1-2-15-10-5-6-13-22(15)19(24)17-12-7-11-16(21-17)18(23)20-14-8-3-4-9-14/h7,11-12,14-15H,2-6,8-10,13H2,1H3,(H,20,23). The van der Waals surface area contributed by atoms with E-state index in [4.69, 9.17) is 0 Å². The van der Waals surface area contributed by atoms with Crippen LogP contribution in [0.3, 0.4) is 0 Å². The predicted molar refractivity (Wildman–Crippen MR) is 92.9 cm³/mol. The molecule has 1 unspecified atom stereocenters. The zero-order chi connectivity index (χ0) is 16.9. The molecule has 2 fully saturated rings. The van der Waals surface area contributed by atoms with Crippen molar-refractivity contribution in [3.05, 3.63) is 29.6 Å². The highest BCUT2D eigenvalue weighted by atomic mass is 16.2. The summed E-state index contributed by atoms with van der Waals surface area (Å²) < 4.78 is 0. The van der Waals surface area contributed by atoms with Crippen LogP contribution in [0.5, 0.6) is 0 Å². The number of amides is 2. The maximum absolute atomic E-state index is 12.8. The Morgan fingerprint density at radius 2 is 1.83 bits per heavy atom. The summed E-state index contributed by atoms with van der Waals surface area (Å²) >= 11 is 0. The fourth-order valence-corrected chi connectivity index (χ4v) is 3.85. The van der Waals surface area contributed by atoms with Crippen LogP contribution in [0.4, 0.5) is 0 Å². The van der Waals surface area contributed by atoms with E-state index in [1.807, 2.05) is 4.90 Å². The van der Waals surface area contributed by atoms with E-state index in [1.54, 1.807) is 18.2 Å². The van der Waals surface area contributed by atoms with E-state index in [9.17, 15) is 9.59 Å². The van der Waals surface area contributed by atoms with Crippen LogP contribution in [0.1, 0.15) is 79.3 Å². The third-order valence-corrected chi connectivity index (χ3v) is 5.25. The van der Waals surface area contributed by atoms with Crippen LogP contribution in [0.25, 0.3) is 0 Å². The minimum atomic E-state index is -0.165. The highest BCUT2D eigenvalue weighted by Crippen LogP contribution is 2.21. The second kappa shape index (κ2) is 7.77. The van der Waals surface area contributed by atoms with Gasteiger partial charge in [-0.05, 0) is 50.7 Å². The fourth-order valence-electron chi connectivity index (χ4n) is 3.85. The van der Waals surface area contributed by atoms with Crippen LogP contribution >= 0.6 is 0 Å². The maximum atomic E-state index is 12.8. The molecule has 5 nitrogen and oxygen atoms in total. The third-order valence-electron chi connectivity index (χ3n) is 5.25. The summed E-state index contributed by atoms with van der Waals surface area (Å²) in [5, 5.41) is 3.03. The lowest BCUT2D eigenvalue weighted by atomic mass is 9.99. The van der Waals surface area contributed by atoms with E-state index in [2.05, 4.69) is 17.2 Å². The zero-order valence-electron chi connectivity index (χ0n) is 14.5. The molecule has 0 aromatic carbocycles. The van der Waals surface area contributed by atoms with Crippen LogP contribution in [-0.2, 0) is 0 Å². The molecule has 2 amide bonds. The molecule has 0 spiro atoms. The first-order valence-corrected chi connectivity index (χ1v) is 9.28. The molecular weight excluding hydrogens is 302 g/mol. The largest absolute Gasteiger partial charge is 0.348 e. The summed E-state index contributed by atoms with van der Waals surface area (Å²) in [7, 11) is 0. The van der Waals surface area contributed by atoms with Gasteiger partial charge in [0, 0.05) is 18.6 Å². The van der Waals surface area contributed by atoms with Crippen molar-refractivity contribution in [1.29, 1.82) is 0 Å². The number of pyridine rings is 1. The Hall–Kier alpha value is -1.91. The molecular formula is C19H27N3O2. The van der Waals surface area contributed by atoms with E-state index in [1.165, 1.54) is 19.3 Å². The van der Waals surface area contributed by atoms with Crippen LogP contribution in [0.15, 0.2) is 18.2 Å². The van der Waals surface area contributed by atoms with E-state index in [0.717, 1.165) is 38.6 Å². The summed E-state index contributed by atoms with van der Waals surface area (Å²) in [6.07, 6.45) is 8.67. The summed E-state index contributed by atoms with van der Waals surface area (Å²) in [4.78, 5) is 31.5. The molecule has 2 heterocycles. The van der Waals surface area contributed by atoms with E-state index >= 15 is 0 Å². The van der Waals surface area contributed by atoms with Gasteiger partial charge in [0.2, 0.25) is 0 Å². The molecule has 1 saturated heterocycles. The minimum Gasteiger partial charge on any atom is -0.348 e. The second-order valence-electron chi connectivity index (χ2n) is 6.92. The van der Waals surface area contributed by atoms with Gasteiger partial charge < -0.3 is 10.2 Å². The molecule has 1 aliphatic carbocycles. The lowest BCUT2D eigenvalue weighted by Crippen LogP contribution is -2.43. The van der Waals surface area contributed by atoms with Crippen molar-refractivity contribution in [3.63, 3.8) is 0 Å². The highest BCUT2D eigenvalue weighted by molar-refractivity contribution is 5.96. The minimum absolute atomic E-state index is 0.0444. The number of hydrogen-bond donors (Lipinski definition) is 1. The predicted octanol–water partition coefficient (Wildman–Crippen LogP) is 3.16. The molecule has 1 aliphatic heterocycles. The summed E-state index contributed by atoms with van der Waals surface area (Å²) in [6, 6.07) is 5.72. The summed E-state index contributed by atoms with van der Waals surface area (Å²) in [5.74, 6) is -0.209. The molecule has 1 aromatic heterocycles. The van der Waals surface area contributed by atoms with Gasteiger partial charge in [-0.15, -0.1) is 0 Å². The van der Waals surface area contributed by atoms with E-state index < -0.39 is 0 Å². The molecule has 24 heavy (non-hydrogen) atoms. The van der Waals surface area contributed by atoms with Gasteiger partial charge in [-0.3, -0.25) is 9.59 Å². The van der Waals surface area contributed by atoms with Gasteiger partial charge in [0.25, 0.3) is 11.8 Å². The first kappa shape index (κ1) is 16.9. The molecule has 130 valence electrons. The van der Waals surface area contributed by atoms with Gasteiger partial charge in [0.15, 0.2) is 0 Å². The first-order chi connectivity index (χ1) is 11.7. The summed E-state index contributed by atoms with van der Waals surface area (Å²) in [6.45, 7) is 2.91. The third kappa shape index (κ3) is 3.77. The van der Waals surface area contributed by atoms with Gasteiger partial charge in [0.05, 0.1) is 0 Å². The molecule has 3 rings (SSSR count). The molecule has 0 radical (unpaired) electrons. The van der Waals surface area contributed by atoms with E-state index in [-0.39, 0.29) is 17.9 Å². The Morgan fingerprint density at radius 3 is 2.58 bits per heavy atom. The van der Waals surface area contributed by atoms with Crippen molar-refractivity contribution in [2.45, 2.75) is 70.4 Å². The smallest absolute Gasteiger partial charge is 0.272 e. The number of piperidine rings is 1. The number of rotatable bonds is 4. The van der Waals surface area contributed by atoms with Crippen LogP contribution in [-0.4, -0.2) is 40.3 Å². The van der Waals surface area contributed by atoms with Crippen molar-refractivity contribution in [2.24, 2.45) is 0 Å². The van der Waals surface area contributed by atoms with Gasteiger partial charge >= 0.3 is 0 Å². The topological polar surface area (TPSA) is 62.3 Å². The highest BCUT2D eigenvalue weighted by Gasteiger charge is 2.27. The van der Waals surface area contributed by atoms with Gasteiger partial charge in [0.1, 0.15) is 11.4 Å². The molecule has 5 heteroatoms. The zero-order valence-corrected chi connectivity index (χ0v) is 14.5. The molecule has 1 saturated carbocycles. The first-order valence-electron chi connectivity index (χ1n) is 9.28. The van der Waals surface area contributed by atoms with Crippen molar-refractivity contribution < 1.29 is 9.59 Å². The Kier molecular flexibility index (Phi) is 5.48. The number of hydrogen-bond acceptors (Lipinski definition) is 3. The molecule has 1 N–H and O–H groups in total. The monoisotopic (exact) mass is 329 g/mol. The number of nitrogens with one attached hydrogen (secondary N) is 1. The average molecular weight is 329 g/mol. The molecule has 1 aromatic rings. The van der Waals surface area contributed by atoms with Gasteiger partial charge in [-0.25, -0.2) is 4.98 Å². The van der Waals surface area contributed by atoms with Crippen molar-refractivity contribution in [2.75, 3.05) is 6.54 Å². The average Bonchev–Trinajstić information content (AvgIpc) is 3.14. The number of nitrogens with zero attached hydrogens (tertiary/aromatic N) is 2. The normalized spacial score (nSPS) is 21.7. The van der Waals surface area contributed by atoms with Gasteiger partial charge in [-0.2, -0.15) is 0 Å². The molecule has 1 atom stereocenters. The quantitative estimate of drug-likeness (QED) is 0.923. The van der Waals surface area contributed by atoms with Gasteiger partial charge in [-0.1, -0.05) is 25.8 Å². The number of carbonyl (C=O) groups excluding carboxylic acids is 2. The summed E-state index contributed by atoms with van der Waals surface area (Å²) in [5.41, 5.74) is 0.729. The lowest BCUT2D eigenvalue weighted by Gasteiger charge is -2.35. The second-order valence-corrected chi connectivity index (χ2v) is 6.92. The Balaban J connectivity index is 1.71. The Labute approximate surface area is 143 Å². The molecule has 2 aliphatic rings. The van der Waals surface area contributed by atoms with Crippen molar-refractivity contribution in [3.8, 4) is 0 Å². The number of likely N-dealkylation sites (tertiary alicyclic amines) is 1. The van der Waals surface area contributed by atoms with Crippen molar-refractivity contribution >= 4 is 11.8 Å². The number of aromatic nitrogens is 1. The maximum Gasteiger partial charge on any atom is 0.272 e. The van der Waals surface area contributed by atoms with Crippen LogP contribution < -0.4 is 5.32 Å². The van der Waals surface area contributed by atoms with Crippen LogP contribution in [0, 0.1) is 0 Å². The fraction of sp³-hybridized carbons (Fsp3) is 0.632. The Morgan fingerprint density at radius 1 is 1.12 bits per heavy atom. The lowest BCUT2D eigenvalue weighted by molar-refractivity contribution is 0.0602. The van der Waals surface area contributed by atoms with Crippen LogP contribution in [0.2, 0.25) is 0 Å². The van der Waals surface area contributed by atoms with Crippen molar-refractivity contribution in [1.82, 2.24) is 15.2 Å². The van der Waals surface area contributed by atoms with E-state index in [0.29, 0.717) is 17.4 Å². The SMILES string of the molecule is CCC1CCCCN1C(=O)c1cccc(C(=O)NC2CCCC2)n1. The Bertz CT molecular complexity index is 596. The molecule has 0 bridgehead atoms.